The van der Waals surface area contributed by atoms with E-state index in [4.69, 9.17) is 9.42 Å². The van der Waals surface area contributed by atoms with Crippen molar-refractivity contribution in [1.29, 1.82) is 0 Å². The van der Waals surface area contributed by atoms with Crippen molar-refractivity contribution in [3.05, 3.63) is 54.6 Å². The van der Waals surface area contributed by atoms with Gasteiger partial charge in [-0.25, -0.2) is 24.3 Å². The van der Waals surface area contributed by atoms with Crippen LogP contribution in [0.4, 0.5) is 0 Å². The van der Waals surface area contributed by atoms with E-state index in [1.54, 1.807) is 12.1 Å². The molecule has 0 aliphatic carbocycles. The zero-order chi connectivity index (χ0) is 9.36. The van der Waals surface area contributed by atoms with Crippen molar-refractivity contribution < 1.29 is 26.5 Å². The maximum atomic E-state index is 8.24. The van der Waals surface area contributed by atoms with Crippen molar-refractivity contribution in [3.8, 4) is 5.75 Å². The zero-order valence-electron chi connectivity index (χ0n) is 7.41. The predicted octanol–water partition coefficient (Wildman–Crippen LogP) is 2.69. The van der Waals surface area contributed by atoms with E-state index in [1.165, 1.54) is 0 Å². The second kappa shape index (κ2) is 8.98. The first-order valence-electron chi connectivity index (χ1n) is 3.88. The van der Waals surface area contributed by atoms with Gasteiger partial charge in [-0.3, -0.25) is 0 Å². The maximum absolute atomic E-state index is 8.24. The van der Waals surface area contributed by atoms with Gasteiger partial charge in [0.1, 0.15) is 0 Å². The fraction of sp³-hybridized carbons (Fsp3) is 0. The first-order chi connectivity index (χ1) is 6.43. The summed E-state index contributed by atoms with van der Waals surface area (Å²) in [6, 6.07) is 17.3. The van der Waals surface area contributed by atoms with Crippen LogP contribution in [0.1, 0.15) is 0 Å². The molecular formula is C10H11FeO2P. The third-order valence-electron chi connectivity index (χ3n) is 1.35. The van der Waals surface area contributed by atoms with Gasteiger partial charge in [-0.15, -0.1) is 12.1 Å². The molecule has 14 heavy (non-hydrogen) atoms. The zero-order valence-corrected chi connectivity index (χ0v) is 9.51. The Morgan fingerprint density at radius 1 is 1.07 bits per heavy atom. The van der Waals surface area contributed by atoms with Gasteiger partial charge in [0.25, 0.3) is 0 Å². The second-order valence-corrected chi connectivity index (χ2v) is 2.66. The van der Waals surface area contributed by atoms with Crippen molar-refractivity contribution in [3.63, 3.8) is 0 Å². The Bertz CT molecular complexity index is 262. The molecule has 0 saturated heterocycles. The molecule has 1 atom stereocenters. The monoisotopic (exact) mass is 250 g/mol. The van der Waals surface area contributed by atoms with Gasteiger partial charge in [-0.1, -0.05) is 0 Å². The molecule has 2 aromatic rings. The van der Waals surface area contributed by atoms with E-state index in [9.17, 15) is 0 Å². The molecular weight excluding hydrogens is 239 g/mol. The molecule has 76 valence electrons. The van der Waals surface area contributed by atoms with Crippen LogP contribution in [0.5, 0.6) is 5.75 Å². The first-order valence-corrected chi connectivity index (χ1v) is 4.73. The van der Waals surface area contributed by atoms with Gasteiger partial charge >= 0.3 is 17.1 Å². The minimum absolute atomic E-state index is 0. The molecule has 0 radical (unpaired) electrons. The van der Waals surface area contributed by atoms with E-state index in [0.29, 0.717) is 0 Å². The third kappa shape index (κ3) is 5.95. The summed E-state index contributed by atoms with van der Waals surface area (Å²) in [7, 11) is -0.448. The summed E-state index contributed by atoms with van der Waals surface area (Å²) < 4.78 is 4.73. The van der Waals surface area contributed by atoms with E-state index >= 15 is 0 Å². The Hall–Kier alpha value is -0.591. The molecule has 1 N–H and O–H groups in total. The van der Waals surface area contributed by atoms with E-state index in [1.807, 2.05) is 42.5 Å². The molecule has 0 spiro atoms. The molecule has 0 fully saturated rings. The molecule has 0 aliphatic heterocycles. The fourth-order valence-electron chi connectivity index (χ4n) is 0.798. The van der Waals surface area contributed by atoms with Gasteiger partial charge in [0.05, 0.1) is 0 Å². The molecule has 0 aliphatic rings. The molecule has 2 aromatic carbocycles. The average Bonchev–Trinajstić information content (AvgIpc) is 2.79. The first kappa shape index (κ1) is 13.4. The van der Waals surface area contributed by atoms with Crippen LogP contribution in [0.2, 0.25) is 0 Å². The normalized spacial score (nSPS) is 8.93. The van der Waals surface area contributed by atoms with Gasteiger partial charge in [-0.2, -0.15) is 18.2 Å². The molecule has 0 bridgehead atoms. The largest absolute Gasteiger partial charge is 2.00 e. The Morgan fingerprint density at radius 3 is 2.00 bits per heavy atom. The van der Waals surface area contributed by atoms with Crippen LogP contribution in [0.3, 0.4) is 0 Å². The van der Waals surface area contributed by atoms with E-state index in [0.717, 1.165) is 5.75 Å². The van der Waals surface area contributed by atoms with Crippen LogP contribution in [0.15, 0.2) is 54.6 Å². The molecule has 0 amide bonds. The fourth-order valence-corrected chi connectivity index (χ4v) is 1.04. The summed E-state index contributed by atoms with van der Waals surface area (Å²) >= 11 is 0. The van der Waals surface area contributed by atoms with Crippen LogP contribution in [-0.4, -0.2) is 4.89 Å². The minimum atomic E-state index is -0.448. The second-order valence-electron chi connectivity index (χ2n) is 2.28. The van der Waals surface area contributed by atoms with Crippen LogP contribution < -0.4 is 4.52 Å². The van der Waals surface area contributed by atoms with Gasteiger partial charge in [0.2, 0.25) is 0 Å². The number of rotatable bonds is 2. The van der Waals surface area contributed by atoms with Crippen LogP contribution in [0, 0.1) is 0 Å². The molecule has 0 aromatic heterocycles. The summed E-state index contributed by atoms with van der Waals surface area (Å²) in [6.45, 7) is 0. The molecule has 1 unspecified atom stereocenters. The Balaban J connectivity index is 0.000000246. The summed E-state index contributed by atoms with van der Waals surface area (Å²) in [5.41, 5.74) is 0. The quantitative estimate of drug-likeness (QED) is 0.504. The summed E-state index contributed by atoms with van der Waals surface area (Å²) in [5, 5.41) is 0. The Labute approximate surface area is 96.1 Å². The van der Waals surface area contributed by atoms with Crippen molar-refractivity contribution >= 4 is 9.03 Å². The summed E-state index contributed by atoms with van der Waals surface area (Å²) in [4.78, 5) is 8.24. The summed E-state index contributed by atoms with van der Waals surface area (Å²) in [5.74, 6) is 0.728. The van der Waals surface area contributed by atoms with Crippen molar-refractivity contribution in [2.75, 3.05) is 0 Å². The Kier molecular flexibility index (Phi) is 8.60. The molecule has 4 heteroatoms. The minimum Gasteiger partial charge on any atom is -0.513 e. The van der Waals surface area contributed by atoms with Crippen LogP contribution >= 0.6 is 9.03 Å². The van der Waals surface area contributed by atoms with Crippen molar-refractivity contribution in [1.82, 2.24) is 0 Å². The number of hydrogen-bond acceptors (Lipinski definition) is 2. The van der Waals surface area contributed by atoms with Gasteiger partial charge in [0, 0.05) is 5.75 Å². The molecule has 0 saturated carbocycles. The van der Waals surface area contributed by atoms with Gasteiger partial charge in [-0.05, 0) is 0 Å². The van der Waals surface area contributed by atoms with Crippen molar-refractivity contribution in [2.45, 2.75) is 0 Å². The SMILES string of the molecule is OPO[c-]1cccc1.[Fe+2].c1cc[cH-]c1. The molecule has 2 rings (SSSR count). The van der Waals surface area contributed by atoms with Gasteiger partial charge in [0.15, 0.2) is 9.03 Å². The maximum Gasteiger partial charge on any atom is 2.00 e. The van der Waals surface area contributed by atoms with Crippen LogP contribution in [-0.2, 0) is 17.1 Å². The Morgan fingerprint density at radius 2 is 1.64 bits per heavy atom. The smallest absolute Gasteiger partial charge is 0.513 e. The van der Waals surface area contributed by atoms with E-state index < -0.39 is 9.03 Å². The number of hydrogen-bond donors (Lipinski definition) is 1. The topological polar surface area (TPSA) is 29.5 Å². The standard InChI is InChI=1S/C5H6O2P.C5H5.Fe/c6-8-7-5-3-1-2-4-5;1-2-4-5-3-1;/h1-4,6,8H;1-5H;/q2*-1;+2. The van der Waals surface area contributed by atoms with E-state index in [-0.39, 0.29) is 17.1 Å². The average molecular weight is 250 g/mol. The molecule has 0 heterocycles. The third-order valence-corrected chi connectivity index (χ3v) is 1.68. The van der Waals surface area contributed by atoms with E-state index in [2.05, 4.69) is 0 Å². The van der Waals surface area contributed by atoms with Crippen molar-refractivity contribution in [2.24, 2.45) is 0 Å². The summed E-state index contributed by atoms with van der Waals surface area (Å²) in [6.07, 6.45) is 0. The van der Waals surface area contributed by atoms with Gasteiger partial charge < -0.3 is 9.42 Å². The van der Waals surface area contributed by atoms with Crippen LogP contribution in [0.25, 0.3) is 0 Å². The molecule has 2 nitrogen and oxygen atoms in total. The predicted molar refractivity (Wildman–Crippen MR) is 55.2 cm³/mol.